The predicted octanol–water partition coefficient (Wildman–Crippen LogP) is 2.42. The zero-order valence-corrected chi connectivity index (χ0v) is 10.4. The van der Waals surface area contributed by atoms with Gasteiger partial charge in [0.2, 0.25) is 0 Å². The van der Waals surface area contributed by atoms with Crippen molar-refractivity contribution in [2.45, 2.75) is 32.9 Å². The van der Waals surface area contributed by atoms with Crippen molar-refractivity contribution in [3.63, 3.8) is 0 Å². The molecule has 0 saturated carbocycles. The van der Waals surface area contributed by atoms with Crippen molar-refractivity contribution in [1.82, 2.24) is 9.88 Å². The summed E-state index contributed by atoms with van der Waals surface area (Å²) in [7, 11) is 4.02. The molecule has 80 valence electrons. The van der Waals surface area contributed by atoms with Crippen molar-refractivity contribution < 1.29 is 0 Å². The summed E-state index contributed by atoms with van der Waals surface area (Å²) in [6, 6.07) is 0. The molecule has 3 nitrogen and oxygen atoms in total. The van der Waals surface area contributed by atoms with E-state index in [1.807, 2.05) is 7.05 Å². The summed E-state index contributed by atoms with van der Waals surface area (Å²) in [4.78, 5) is 6.74. The van der Waals surface area contributed by atoms with E-state index in [0.717, 1.165) is 17.4 Å². The SMILES string of the molecule is CNc1nc(CN(C)C(C)(C)C)cs1. The van der Waals surface area contributed by atoms with Crippen LogP contribution in [0.1, 0.15) is 26.5 Å². The van der Waals surface area contributed by atoms with Gasteiger partial charge < -0.3 is 5.32 Å². The van der Waals surface area contributed by atoms with Gasteiger partial charge in [0, 0.05) is 24.5 Å². The minimum atomic E-state index is 0.198. The van der Waals surface area contributed by atoms with Crippen LogP contribution in [0.3, 0.4) is 0 Å². The van der Waals surface area contributed by atoms with Crippen molar-refractivity contribution in [1.29, 1.82) is 0 Å². The summed E-state index contributed by atoms with van der Waals surface area (Å²) >= 11 is 1.65. The van der Waals surface area contributed by atoms with Crippen LogP contribution >= 0.6 is 11.3 Å². The lowest BCUT2D eigenvalue weighted by atomic mass is 10.1. The van der Waals surface area contributed by atoms with Crippen molar-refractivity contribution in [3.8, 4) is 0 Å². The first kappa shape index (κ1) is 11.5. The van der Waals surface area contributed by atoms with Crippen LogP contribution in [0, 0.1) is 0 Å². The second-order valence-corrected chi connectivity index (χ2v) is 5.28. The second kappa shape index (κ2) is 4.28. The first-order chi connectivity index (χ1) is 6.43. The van der Waals surface area contributed by atoms with Crippen molar-refractivity contribution in [3.05, 3.63) is 11.1 Å². The maximum absolute atomic E-state index is 4.45. The van der Waals surface area contributed by atoms with Crippen LogP contribution in [-0.2, 0) is 6.54 Å². The van der Waals surface area contributed by atoms with Gasteiger partial charge in [-0.15, -0.1) is 11.3 Å². The highest BCUT2D eigenvalue weighted by Gasteiger charge is 2.17. The third-order valence-corrected chi connectivity index (χ3v) is 3.22. The molecule has 0 fully saturated rings. The molecule has 0 spiro atoms. The molecule has 1 heterocycles. The fraction of sp³-hybridized carbons (Fsp3) is 0.700. The van der Waals surface area contributed by atoms with E-state index in [0.29, 0.717) is 0 Å². The minimum Gasteiger partial charge on any atom is -0.365 e. The Labute approximate surface area is 90.2 Å². The van der Waals surface area contributed by atoms with Crippen LogP contribution in [0.2, 0.25) is 0 Å². The Morgan fingerprint density at radius 2 is 2.14 bits per heavy atom. The molecule has 14 heavy (non-hydrogen) atoms. The molecule has 0 aliphatic carbocycles. The summed E-state index contributed by atoms with van der Waals surface area (Å²) in [5, 5.41) is 6.14. The molecular formula is C10H19N3S. The first-order valence-electron chi connectivity index (χ1n) is 4.77. The Hall–Kier alpha value is -0.610. The molecule has 0 atom stereocenters. The molecular weight excluding hydrogens is 194 g/mol. The third-order valence-electron chi connectivity index (χ3n) is 2.31. The number of rotatable bonds is 3. The van der Waals surface area contributed by atoms with Crippen LogP contribution in [0.5, 0.6) is 0 Å². The third kappa shape index (κ3) is 2.96. The quantitative estimate of drug-likeness (QED) is 0.835. The van der Waals surface area contributed by atoms with Crippen molar-refractivity contribution >= 4 is 16.5 Å². The Morgan fingerprint density at radius 3 is 2.57 bits per heavy atom. The van der Waals surface area contributed by atoms with Crippen LogP contribution in [-0.4, -0.2) is 29.5 Å². The number of nitrogens with zero attached hydrogens (tertiary/aromatic N) is 2. The molecule has 4 heteroatoms. The van der Waals surface area contributed by atoms with Gasteiger partial charge in [-0.3, -0.25) is 4.90 Å². The van der Waals surface area contributed by atoms with Gasteiger partial charge in [0.25, 0.3) is 0 Å². The van der Waals surface area contributed by atoms with Gasteiger partial charge >= 0.3 is 0 Å². The van der Waals surface area contributed by atoms with E-state index in [-0.39, 0.29) is 5.54 Å². The normalized spacial score (nSPS) is 12.1. The van der Waals surface area contributed by atoms with E-state index in [9.17, 15) is 0 Å². The predicted molar refractivity (Wildman–Crippen MR) is 62.9 cm³/mol. The minimum absolute atomic E-state index is 0.198. The molecule has 0 aromatic carbocycles. The molecule has 1 rings (SSSR count). The molecule has 0 aliphatic rings. The number of aromatic nitrogens is 1. The van der Waals surface area contributed by atoms with Crippen molar-refractivity contribution in [2.24, 2.45) is 0 Å². The van der Waals surface area contributed by atoms with Gasteiger partial charge in [-0.2, -0.15) is 0 Å². The molecule has 1 N–H and O–H groups in total. The summed E-state index contributed by atoms with van der Waals surface area (Å²) in [6.45, 7) is 7.52. The monoisotopic (exact) mass is 213 g/mol. The number of nitrogens with one attached hydrogen (secondary N) is 1. The molecule has 0 aliphatic heterocycles. The maximum atomic E-state index is 4.45. The lowest BCUT2D eigenvalue weighted by molar-refractivity contribution is 0.166. The van der Waals surface area contributed by atoms with E-state index >= 15 is 0 Å². The summed E-state index contributed by atoms with van der Waals surface area (Å²) in [6.07, 6.45) is 0. The molecule has 0 saturated heterocycles. The highest BCUT2D eigenvalue weighted by Crippen LogP contribution is 2.18. The number of hydrogen-bond donors (Lipinski definition) is 1. The zero-order valence-electron chi connectivity index (χ0n) is 9.59. The standard InChI is InChI=1S/C10H19N3S/c1-10(2,3)13(5)6-8-7-14-9(11-4)12-8/h7H,6H2,1-5H3,(H,11,12). The Bertz CT molecular complexity index is 288. The Kier molecular flexibility index (Phi) is 3.50. The van der Waals surface area contributed by atoms with Crippen molar-refractivity contribution in [2.75, 3.05) is 19.4 Å². The number of anilines is 1. The summed E-state index contributed by atoms with van der Waals surface area (Å²) in [5.74, 6) is 0. The van der Waals surface area contributed by atoms with Gasteiger partial charge in [0.1, 0.15) is 0 Å². The highest BCUT2D eigenvalue weighted by molar-refractivity contribution is 7.13. The molecule has 1 aromatic heterocycles. The Morgan fingerprint density at radius 1 is 1.50 bits per heavy atom. The molecule has 0 amide bonds. The van der Waals surface area contributed by atoms with E-state index in [1.165, 1.54) is 0 Å². The van der Waals surface area contributed by atoms with Crippen LogP contribution in [0.25, 0.3) is 0 Å². The van der Waals surface area contributed by atoms with Gasteiger partial charge in [0.15, 0.2) is 5.13 Å². The van der Waals surface area contributed by atoms with Gasteiger partial charge in [-0.1, -0.05) is 0 Å². The lowest BCUT2D eigenvalue weighted by Crippen LogP contribution is -2.37. The largest absolute Gasteiger partial charge is 0.365 e. The van der Waals surface area contributed by atoms with E-state index in [4.69, 9.17) is 0 Å². The van der Waals surface area contributed by atoms with E-state index in [1.54, 1.807) is 11.3 Å². The summed E-state index contributed by atoms with van der Waals surface area (Å²) in [5.41, 5.74) is 1.33. The summed E-state index contributed by atoms with van der Waals surface area (Å²) < 4.78 is 0. The topological polar surface area (TPSA) is 28.2 Å². The number of hydrogen-bond acceptors (Lipinski definition) is 4. The number of thiazole rings is 1. The second-order valence-electron chi connectivity index (χ2n) is 4.42. The fourth-order valence-corrected chi connectivity index (χ4v) is 1.64. The van der Waals surface area contributed by atoms with E-state index in [2.05, 4.69) is 48.4 Å². The van der Waals surface area contributed by atoms with Gasteiger partial charge in [0.05, 0.1) is 5.69 Å². The van der Waals surface area contributed by atoms with Gasteiger partial charge in [-0.05, 0) is 27.8 Å². The van der Waals surface area contributed by atoms with Crippen LogP contribution in [0.15, 0.2) is 5.38 Å². The van der Waals surface area contributed by atoms with Crippen LogP contribution < -0.4 is 5.32 Å². The smallest absolute Gasteiger partial charge is 0.182 e. The Balaban J connectivity index is 2.60. The maximum Gasteiger partial charge on any atom is 0.182 e. The first-order valence-corrected chi connectivity index (χ1v) is 5.65. The highest BCUT2D eigenvalue weighted by atomic mass is 32.1. The lowest BCUT2D eigenvalue weighted by Gasteiger charge is -2.31. The van der Waals surface area contributed by atoms with Gasteiger partial charge in [-0.25, -0.2) is 4.98 Å². The molecule has 0 bridgehead atoms. The molecule has 1 aromatic rings. The fourth-order valence-electron chi connectivity index (χ4n) is 0.975. The van der Waals surface area contributed by atoms with E-state index < -0.39 is 0 Å². The van der Waals surface area contributed by atoms with Crippen LogP contribution in [0.4, 0.5) is 5.13 Å². The molecule has 0 unspecified atom stereocenters. The zero-order chi connectivity index (χ0) is 10.8. The average molecular weight is 213 g/mol. The molecule has 0 radical (unpaired) electrons. The average Bonchev–Trinajstić information content (AvgIpc) is 2.50.